The van der Waals surface area contributed by atoms with Crippen LogP contribution in [0.4, 0.5) is 5.69 Å². The van der Waals surface area contributed by atoms with E-state index in [1.165, 1.54) is 0 Å². The molecular weight excluding hydrogens is 450 g/mol. The number of aliphatic carboxylic acids is 1. The normalized spacial score (nSPS) is 11.8. The molecule has 0 saturated carbocycles. The van der Waals surface area contributed by atoms with Crippen molar-refractivity contribution in [2.45, 2.75) is 73.3 Å². The molecule has 1 rings (SSSR count). The van der Waals surface area contributed by atoms with E-state index < -0.39 is 23.8 Å². The monoisotopic (exact) mass is 489 g/mol. The molecule has 3 amide bonds. The van der Waals surface area contributed by atoms with E-state index in [2.05, 4.69) is 10.6 Å². The fourth-order valence-electron chi connectivity index (χ4n) is 3.62. The van der Waals surface area contributed by atoms with Crippen molar-refractivity contribution in [1.82, 2.24) is 10.6 Å². The number of carboxylic acid groups (broad SMARTS) is 1. The van der Waals surface area contributed by atoms with Gasteiger partial charge >= 0.3 is 5.97 Å². The van der Waals surface area contributed by atoms with Gasteiger partial charge < -0.3 is 20.6 Å². The molecule has 194 valence electrons. The molecule has 0 aliphatic carbocycles. The summed E-state index contributed by atoms with van der Waals surface area (Å²) in [7, 11) is 0. The zero-order valence-corrected chi connectivity index (χ0v) is 21.6. The molecule has 0 saturated heterocycles. The van der Waals surface area contributed by atoms with E-state index in [0.29, 0.717) is 0 Å². The van der Waals surface area contributed by atoms with Crippen LogP contribution in [0.3, 0.4) is 0 Å². The summed E-state index contributed by atoms with van der Waals surface area (Å²) >= 11 is 0. The first-order chi connectivity index (χ1) is 16.3. The van der Waals surface area contributed by atoms with Crippen molar-refractivity contribution in [1.29, 1.82) is 0 Å². The molecule has 1 aromatic carbocycles. The SMILES string of the molecule is Cc1cccc(C)c1N(CCNC(=O)C(CCC(=O)O)NC(=O)CCC(=O)C(C)C)C(=O)C(C)C. The number of nitrogens with zero attached hydrogens (tertiary/aromatic N) is 1. The maximum absolute atomic E-state index is 12.9. The lowest BCUT2D eigenvalue weighted by Crippen LogP contribution is -2.49. The molecule has 0 aromatic heterocycles. The zero-order valence-electron chi connectivity index (χ0n) is 21.6. The highest BCUT2D eigenvalue weighted by Crippen LogP contribution is 2.25. The van der Waals surface area contributed by atoms with Crippen molar-refractivity contribution in [2.75, 3.05) is 18.0 Å². The van der Waals surface area contributed by atoms with Crippen molar-refractivity contribution < 1.29 is 29.1 Å². The molecule has 0 aliphatic rings. The molecule has 0 bridgehead atoms. The number of nitrogens with one attached hydrogen (secondary N) is 2. The minimum absolute atomic E-state index is 0.0544. The number of hydrogen-bond acceptors (Lipinski definition) is 5. The maximum atomic E-state index is 12.9. The van der Waals surface area contributed by atoms with Gasteiger partial charge in [-0.15, -0.1) is 0 Å². The van der Waals surface area contributed by atoms with Gasteiger partial charge in [-0.2, -0.15) is 0 Å². The van der Waals surface area contributed by atoms with Crippen LogP contribution in [0.1, 0.15) is 64.5 Å². The van der Waals surface area contributed by atoms with Gasteiger partial charge in [-0.1, -0.05) is 45.9 Å². The number of para-hydroxylation sites is 1. The van der Waals surface area contributed by atoms with Gasteiger partial charge in [0.15, 0.2) is 0 Å². The molecule has 35 heavy (non-hydrogen) atoms. The average Bonchev–Trinajstić information content (AvgIpc) is 2.77. The topological polar surface area (TPSA) is 133 Å². The average molecular weight is 490 g/mol. The van der Waals surface area contributed by atoms with Crippen LogP contribution in [0.25, 0.3) is 0 Å². The first kappa shape index (κ1) is 29.8. The van der Waals surface area contributed by atoms with Crippen molar-refractivity contribution in [2.24, 2.45) is 11.8 Å². The lowest BCUT2D eigenvalue weighted by molar-refractivity contribution is -0.138. The second kappa shape index (κ2) is 14.2. The van der Waals surface area contributed by atoms with Crippen LogP contribution in [0.15, 0.2) is 18.2 Å². The van der Waals surface area contributed by atoms with Crippen molar-refractivity contribution in [3.05, 3.63) is 29.3 Å². The Hall–Kier alpha value is -3.23. The van der Waals surface area contributed by atoms with Crippen LogP contribution >= 0.6 is 0 Å². The van der Waals surface area contributed by atoms with Gasteiger partial charge in [-0.05, 0) is 31.4 Å². The van der Waals surface area contributed by atoms with Gasteiger partial charge in [0.25, 0.3) is 0 Å². The quantitative estimate of drug-likeness (QED) is 0.368. The van der Waals surface area contributed by atoms with Gasteiger partial charge in [-0.3, -0.25) is 24.0 Å². The molecule has 9 nitrogen and oxygen atoms in total. The Balaban J connectivity index is 2.87. The van der Waals surface area contributed by atoms with Gasteiger partial charge in [0.05, 0.1) is 0 Å². The summed E-state index contributed by atoms with van der Waals surface area (Å²) in [4.78, 5) is 62.5. The highest BCUT2D eigenvalue weighted by molar-refractivity contribution is 5.96. The van der Waals surface area contributed by atoms with Crippen LogP contribution in [-0.4, -0.2) is 53.7 Å². The summed E-state index contributed by atoms with van der Waals surface area (Å²) in [6.45, 7) is 11.3. The summed E-state index contributed by atoms with van der Waals surface area (Å²) < 4.78 is 0. The standard InChI is InChI=1S/C26H39N3O6/c1-16(2)21(30)11-12-22(31)28-20(10-13-23(32)33)25(34)27-14-15-29(26(35)17(3)4)24-18(5)8-7-9-19(24)6/h7-9,16-17,20H,10-15H2,1-6H3,(H,27,34)(H,28,31)(H,32,33). The summed E-state index contributed by atoms with van der Waals surface area (Å²) in [5, 5.41) is 14.3. The predicted molar refractivity (Wildman–Crippen MR) is 134 cm³/mol. The molecule has 0 aliphatic heterocycles. The first-order valence-corrected chi connectivity index (χ1v) is 12.0. The van der Waals surface area contributed by atoms with E-state index in [0.717, 1.165) is 16.8 Å². The molecular formula is C26H39N3O6. The number of anilines is 1. The predicted octanol–water partition coefficient (Wildman–Crippen LogP) is 2.76. The molecule has 0 fully saturated rings. The van der Waals surface area contributed by atoms with E-state index in [1.807, 2.05) is 45.9 Å². The van der Waals surface area contributed by atoms with Crippen LogP contribution in [0, 0.1) is 25.7 Å². The molecule has 0 radical (unpaired) electrons. The third-order valence-electron chi connectivity index (χ3n) is 5.64. The number of carbonyl (C=O) groups excluding carboxylic acids is 4. The highest BCUT2D eigenvalue weighted by atomic mass is 16.4. The van der Waals surface area contributed by atoms with Crippen molar-refractivity contribution >= 4 is 35.2 Å². The smallest absolute Gasteiger partial charge is 0.303 e. The van der Waals surface area contributed by atoms with E-state index >= 15 is 0 Å². The maximum Gasteiger partial charge on any atom is 0.303 e. The number of Topliss-reactive ketones (excluding diaryl/α,β-unsaturated/α-hetero) is 1. The number of benzene rings is 1. The van der Waals surface area contributed by atoms with E-state index in [4.69, 9.17) is 5.11 Å². The van der Waals surface area contributed by atoms with Crippen LogP contribution in [-0.2, 0) is 24.0 Å². The zero-order chi connectivity index (χ0) is 26.7. The Morgan fingerprint density at radius 2 is 1.51 bits per heavy atom. The second-order valence-corrected chi connectivity index (χ2v) is 9.35. The second-order valence-electron chi connectivity index (χ2n) is 9.35. The first-order valence-electron chi connectivity index (χ1n) is 12.0. The number of carboxylic acids is 1. The number of amides is 3. The van der Waals surface area contributed by atoms with E-state index in [-0.39, 0.29) is 62.3 Å². The van der Waals surface area contributed by atoms with Crippen LogP contribution in [0.2, 0.25) is 0 Å². The fourth-order valence-corrected chi connectivity index (χ4v) is 3.62. The number of hydrogen-bond donors (Lipinski definition) is 3. The Labute approximate surface area is 207 Å². The Bertz CT molecular complexity index is 905. The molecule has 1 aromatic rings. The third kappa shape index (κ3) is 9.88. The van der Waals surface area contributed by atoms with Gasteiger partial charge in [0.1, 0.15) is 11.8 Å². The summed E-state index contributed by atoms with van der Waals surface area (Å²) in [5.74, 6) is -2.70. The Morgan fingerprint density at radius 1 is 0.914 bits per heavy atom. The third-order valence-corrected chi connectivity index (χ3v) is 5.64. The lowest BCUT2D eigenvalue weighted by Gasteiger charge is -2.28. The minimum atomic E-state index is -1.09. The van der Waals surface area contributed by atoms with Crippen LogP contribution < -0.4 is 15.5 Å². The fraction of sp³-hybridized carbons (Fsp3) is 0.577. The van der Waals surface area contributed by atoms with Gasteiger partial charge in [0.2, 0.25) is 17.7 Å². The van der Waals surface area contributed by atoms with E-state index in [1.54, 1.807) is 18.7 Å². The van der Waals surface area contributed by atoms with Crippen molar-refractivity contribution in [3.8, 4) is 0 Å². The number of carbonyl (C=O) groups is 5. The molecule has 1 unspecified atom stereocenters. The van der Waals surface area contributed by atoms with Crippen LogP contribution in [0.5, 0.6) is 0 Å². The largest absolute Gasteiger partial charge is 0.481 e. The summed E-state index contributed by atoms with van der Waals surface area (Å²) in [5.41, 5.74) is 2.67. The van der Waals surface area contributed by atoms with E-state index in [9.17, 15) is 24.0 Å². The molecule has 0 spiro atoms. The van der Waals surface area contributed by atoms with Gasteiger partial charge in [-0.25, -0.2) is 0 Å². The highest BCUT2D eigenvalue weighted by Gasteiger charge is 2.25. The molecule has 0 heterocycles. The number of aryl methyl sites for hydroxylation is 2. The summed E-state index contributed by atoms with van der Waals surface area (Å²) in [6, 6.07) is 4.70. The summed E-state index contributed by atoms with van der Waals surface area (Å²) in [6.07, 6.45) is -0.407. The molecule has 9 heteroatoms. The van der Waals surface area contributed by atoms with Crippen molar-refractivity contribution in [3.63, 3.8) is 0 Å². The molecule has 1 atom stereocenters. The molecule has 3 N–H and O–H groups in total. The Kier molecular flexibility index (Phi) is 12.1. The Morgan fingerprint density at radius 3 is 2.03 bits per heavy atom. The van der Waals surface area contributed by atoms with Gasteiger partial charge in [0, 0.05) is 49.9 Å². The number of rotatable bonds is 14. The number of ketones is 1. The minimum Gasteiger partial charge on any atom is -0.481 e. The lowest BCUT2D eigenvalue weighted by atomic mass is 10.0.